The maximum Gasteiger partial charge on any atom is 0.304 e. The van der Waals surface area contributed by atoms with Crippen LogP contribution in [0.2, 0.25) is 0 Å². The number of nitrogens with one attached hydrogen (secondary N) is 3. The number of hydrogen-bond acceptors (Lipinski definition) is 5. The zero-order chi connectivity index (χ0) is 15.3. The van der Waals surface area contributed by atoms with Crippen LogP contribution in [0.3, 0.4) is 0 Å². The van der Waals surface area contributed by atoms with E-state index in [1.165, 1.54) is 0 Å². The molecule has 0 saturated carbocycles. The van der Waals surface area contributed by atoms with Crippen LogP contribution in [-0.4, -0.2) is 19.9 Å². The average molecular weight is 327 g/mol. The first-order valence-corrected chi connectivity index (χ1v) is 8.83. The molecule has 2 rings (SSSR count). The minimum atomic E-state index is -3.57. The number of H-pyrrole nitrogens is 1. The van der Waals surface area contributed by atoms with E-state index in [0.717, 1.165) is 23.4 Å². The number of thiazole rings is 1. The lowest BCUT2D eigenvalue weighted by Gasteiger charge is -2.07. The summed E-state index contributed by atoms with van der Waals surface area (Å²) in [6.07, 6.45) is 0. The number of benzene rings is 1. The summed E-state index contributed by atoms with van der Waals surface area (Å²) in [4.78, 5) is 13.6. The Morgan fingerprint density at radius 3 is 2.48 bits per heavy atom. The van der Waals surface area contributed by atoms with E-state index in [0.29, 0.717) is 12.2 Å². The molecule has 1 aromatic heterocycles. The van der Waals surface area contributed by atoms with Gasteiger partial charge in [0.15, 0.2) is 0 Å². The average Bonchev–Trinajstić information content (AvgIpc) is 2.89. The quantitative estimate of drug-likeness (QED) is 0.708. The standard InChI is InChI=1S/C13H17N3O3S2/c1-2-14-7-10-3-5-12(6-4-10)21(18,19)15-8-11-9-20-13(17)16-11/h3-6,9,14-15H,2,7-8H2,1H3,(H,16,17). The van der Waals surface area contributed by atoms with Crippen molar-refractivity contribution < 1.29 is 8.42 Å². The predicted molar refractivity (Wildman–Crippen MR) is 82.8 cm³/mol. The van der Waals surface area contributed by atoms with Gasteiger partial charge in [0.25, 0.3) is 0 Å². The van der Waals surface area contributed by atoms with E-state index in [-0.39, 0.29) is 16.3 Å². The Kier molecular flexibility index (Phi) is 5.29. The van der Waals surface area contributed by atoms with E-state index in [1.807, 2.05) is 6.92 Å². The lowest BCUT2D eigenvalue weighted by Crippen LogP contribution is -2.23. The molecule has 1 aromatic carbocycles. The van der Waals surface area contributed by atoms with Gasteiger partial charge in [-0.1, -0.05) is 30.4 Å². The maximum atomic E-state index is 12.1. The van der Waals surface area contributed by atoms with E-state index in [1.54, 1.807) is 29.6 Å². The van der Waals surface area contributed by atoms with E-state index >= 15 is 0 Å². The Morgan fingerprint density at radius 2 is 1.90 bits per heavy atom. The van der Waals surface area contributed by atoms with Crippen molar-refractivity contribution in [2.45, 2.75) is 24.9 Å². The van der Waals surface area contributed by atoms with Crippen molar-refractivity contribution in [1.82, 2.24) is 15.0 Å². The molecule has 114 valence electrons. The van der Waals surface area contributed by atoms with Gasteiger partial charge in [-0.05, 0) is 24.2 Å². The number of hydrogen-bond donors (Lipinski definition) is 3. The second-order valence-corrected chi connectivity index (χ2v) is 7.03. The zero-order valence-corrected chi connectivity index (χ0v) is 13.2. The van der Waals surface area contributed by atoms with Gasteiger partial charge >= 0.3 is 4.87 Å². The molecule has 0 aliphatic heterocycles. The summed E-state index contributed by atoms with van der Waals surface area (Å²) in [6, 6.07) is 6.71. The van der Waals surface area contributed by atoms with Crippen molar-refractivity contribution in [1.29, 1.82) is 0 Å². The molecule has 3 N–H and O–H groups in total. The minimum absolute atomic E-state index is 0.0697. The molecule has 0 atom stereocenters. The van der Waals surface area contributed by atoms with Crippen molar-refractivity contribution in [3.05, 3.63) is 50.6 Å². The molecule has 0 unspecified atom stereocenters. The van der Waals surface area contributed by atoms with E-state index in [2.05, 4.69) is 15.0 Å². The first kappa shape index (κ1) is 15.9. The lowest BCUT2D eigenvalue weighted by molar-refractivity contribution is 0.580. The third-order valence-corrected chi connectivity index (χ3v) is 4.97. The van der Waals surface area contributed by atoms with Gasteiger partial charge in [-0.2, -0.15) is 0 Å². The van der Waals surface area contributed by atoms with Gasteiger partial charge in [-0.25, -0.2) is 13.1 Å². The normalized spacial score (nSPS) is 11.7. The number of aromatic amines is 1. The lowest BCUT2D eigenvalue weighted by atomic mass is 10.2. The SMILES string of the molecule is CCNCc1ccc(S(=O)(=O)NCc2csc(=O)[nH]2)cc1. The van der Waals surface area contributed by atoms with Gasteiger partial charge < -0.3 is 10.3 Å². The van der Waals surface area contributed by atoms with Gasteiger partial charge in [-0.3, -0.25) is 4.79 Å². The molecule has 0 saturated heterocycles. The van der Waals surface area contributed by atoms with Crippen molar-refractivity contribution in [2.24, 2.45) is 0 Å². The first-order chi connectivity index (χ1) is 10.0. The van der Waals surface area contributed by atoms with E-state index in [9.17, 15) is 13.2 Å². The molecule has 8 heteroatoms. The maximum absolute atomic E-state index is 12.1. The van der Waals surface area contributed by atoms with Gasteiger partial charge in [0.2, 0.25) is 10.0 Å². The zero-order valence-electron chi connectivity index (χ0n) is 11.5. The van der Waals surface area contributed by atoms with Crippen LogP contribution in [0.15, 0.2) is 39.3 Å². The minimum Gasteiger partial charge on any atom is -0.315 e. The van der Waals surface area contributed by atoms with Crippen LogP contribution in [0.4, 0.5) is 0 Å². The molecule has 0 spiro atoms. The summed E-state index contributed by atoms with van der Waals surface area (Å²) < 4.78 is 26.7. The number of aromatic nitrogens is 1. The van der Waals surface area contributed by atoms with Gasteiger partial charge in [-0.15, -0.1) is 0 Å². The molecule has 1 heterocycles. The fourth-order valence-corrected chi connectivity index (χ4v) is 3.30. The van der Waals surface area contributed by atoms with E-state index < -0.39 is 10.0 Å². The van der Waals surface area contributed by atoms with Crippen LogP contribution in [0.1, 0.15) is 18.2 Å². The van der Waals surface area contributed by atoms with E-state index in [4.69, 9.17) is 0 Å². The van der Waals surface area contributed by atoms with Crippen LogP contribution >= 0.6 is 11.3 Å². The van der Waals surface area contributed by atoms with Crippen molar-refractivity contribution in [2.75, 3.05) is 6.54 Å². The van der Waals surface area contributed by atoms with Crippen LogP contribution < -0.4 is 14.9 Å². The van der Waals surface area contributed by atoms with Crippen molar-refractivity contribution >= 4 is 21.4 Å². The predicted octanol–water partition coefficient (Wildman–Crippen LogP) is 1.02. The Morgan fingerprint density at radius 1 is 1.19 bits per heavy atom. The summed E-state index contributed by atoms with van der Waals surface area (Å²) in [5.74, 6) is 0. The summed E-state index contributed by atoms with van der Waals surface area (Å²) in [7, 11) is -3.57. The van der Waals surface area contributed by atoms with Gasteiger partial charge in [0.05, 0.1) is 11.4 Å². The number of rotatable bonds is 7. The Labute approximate surface area is 127 Å². The van der Waals surface area contributed by atoms with Crippen molar-refractivity contribution in [3.63, 3.8) is 0 Å². The summed E-state index contributed by atoms with van der Waals surface area (Å²) in [5.41, 5.74) is 1.58. The third-order valence-electron chi connectivity index (χ3n) is 2.84. The van der Waals surface area contributed by atoms with Gasteiger partial charge in [0.1, 0.15) is 0 Å². The molecule has 0 fully saturated rings. The highest BCUT2D eigenvalue weighted by Gasteiger charge is 2.13. The topological polar surface area (TPSA) is 91.1 Å². The molecule has 0 amide bonds. The molecule has 21 heavy (non-hydrogen) atoms. The van der Waals surface area contributed by atoms with Crippen LogP contribution in [-0.2, 0) is 23.1 Å². The fraction of sp³-hybridized carbons (Fsp3) is 0.308. The van der Waals surface area contributed by atoms with Crippen LogP contribution in [0, 0.1) is 0 Å². The Bertz CT molecular complexity index is 733. The summed E-state index contributed by atoms with van der Waals surface area (Å²) >= 11 is 1.01. The first-order valence-electron chi connectivity index (χ1n) is 6.47. The van der Waals surface area contributed by atoms with Gasteiger partial charge in [0, 0.05) is 17.6 Å². The van der Waals surface area contributed by atoms with Crippen molar-refractivity contribution in [3.8, 4) is 0 Å². The Hall–Kier alpha value is -1.48. The fourth-order valence-electron chi connectivity index (χ4n) is 1.71. The molecule has 0 radical (unpaired) electrons. The molecule has 2 aromatic rings. The molecular weight excluding hydrogens is 310 g/mol. The number of sulfonamides is 1. The molecule has 6 nitrogen and oxygen atoms in total. The second-order valence-electron chi connectivity index (χ2n) is 4.42. The largest absolute Gasteiger partial charge is 0.315 e. The Balaban J connectivity index is 2.03. The summed E-state index contributed by atoms with van der Waals surface area (Å²) in [6.45, 7) is 3.65. The molecular formula is C13H17N3O3S2. The monoisotopic (exact) mass is 327 g/mol. The molecule has 0 aliphatic rings. The highest BCUT2D eigenvalue weighted by Crippen LogP contribution is 2.11. The highest BCUT2D eigenvalue weighted by atomic mass is 32.2. The third kappa shape index (κ3) is 4.50. The smallest absolute Gasteiger partial charge is 0.304 e. The molecule has 0 aliphatic carbocycles. The molecule has 0 bridgehead atoms. The van der Waals surface area contributed by atoms with Crippen LogP contribution in [0.5, 0.6) is 0 Å². The van der Waals surface area contributed by atoms with Crippen LogP contribution in [0.25, 0.3) is 0 Å². The highest BCUT2D eigenvalue weighted by molar-refractivity contribution is 7.89. The summed E-state index contributed by atoms with van der Waals surface area (Å²) in [5, 5.41) is 4.78. The second kappa shape index (κ2) is 6.99.